The van der Waals surface area contributed by atoms with Crippen LogP contribution in [0, 0.1) is 5.92 Å². The zero-order valence-corrected chi connectivity index (χ0v) is 18.7. The molecule has 1 fully saturated rings. The number of hydrogen-bond donors (Lipinski definition) is 0. The van der Waals surface area contributed by atoms with Crippen LogP contribution in [0.3, 0.4) is 0 Å². The number of methoxy groups -OCH3 is 1. The fourth-order valence-electron chi connectivity index (χ4n) is 4.60. The van der Waals surface area contributed by atoms with Crippen molar-refractivity contribution in [2.75, 3.05) is 31.6 Å². The highest BCUT2D eigenvalue weighted by Crippen LogP contribution is 2.44. The lowest BCUT2D eigenvalue weighted by Gasteiger charge is -2.48. The monoisotopic (exact) mass is 429 g/mol. The molecular formula is C23H31N3O5. The van der Waals surface area contributed by atoms with Crippen LogP contribution in [0.1, 0.15) is 56.8 Å². The third-order valence-corrected chi connectivity index (χ3v) is 6.35. The normalized spacial score (nSPS) is 20.9. The first-order chi connectivity index (χ1) is 14.7. The van der Waals surface area contributed by atoms with Gasteiger partial charge >= 0.3 is 5.97 Å². The Balaban J connectivity index is 1.68. The minimum atomic E-state index is -0.713. The summed E-state index contributed by atoms with van der Waals surface area (Å²) in [6.45, 7) is 6.70. The molecule has 8 heteroatoms. The summed E-state index contributed by atoms with van der Waals surface area (Å²) in [4.78, 5) is 55.3. The van der Waals surface area contributed by atoms with Gasteiger partial charge in [0.15, 0.2) is 0 Å². The van der Waals surface area contributed by atoms with Crippen LogP contribution in [0.25, 0.3) is 0 Å². The molecule has 0 bridgehead atoms. The maximum atomic E-state index is 13.2. The van der Waals surface area contributed by atoms with Crippen LogP contribution >= 0.6 is 0 Å². The number of rotatable bonds is 8. The number of carbonyl (C=O) groups excluding carboxylic acids is 4. The first-order valence-corrected chi connectivity index (χ1v) is 10.8. The highest BCUT2D eigenvalue weighted by atomic mass is 16.5. The van der Waals surface area contributed by atoms with E-state index < -0.39 is 11.6 Å². The van der Waals surface area contributed by atoms with Crippen molar-refractivity contribution in [1.82, 2.24) is 9.80 Å². The fourth-order valence-corrected chi connectivity index (χ4v) is 4.60. The minimum absolute atomic E-state index is 0.0116. The summed E-state index contributed by atoms with van der Waals surface area (Å²) in [6, 6.07) is 7.19. The molecule has 0 radical (unpaired) electrons. The van der Waals surface area contributed by atoms with Crippen LogP contribution in [-0.4, -0.2) is 65.9 Å². The topological polar surface area (TPSA) is 87.2 Å². The molecule has 2 atom stereocenters. The lowest BCUT2D eigenvalue weighted by atomic mass is 9.98. The molecule has 2 heterocycles. The number of para-hydroxylation sites is 1. The largest absolute Gasteiger partial charge is 0.469 e. The predicted octanol–water partition coefficient (Wildman–Crippen LogP) is 2.42. The maximum Gasteiger partial charge on any atom is 0.310 e. The van der Waals surface area contributed by atoms with Gasteiger partial charge in [-0.2, -0.15) is 0 Å². The summed E-state index contributed by atoms with van der Waals surface area (Å²) in [7, 11) is 1.34. The molecule has 2 unspecified atom stereocenters. The van der Waals surface area contributed by atoms with E-state index in [0.717, 1.165) is 0 Å². The van der Waals surface area contributed by atoms with Gasteiger partial charge in [0.25, 0.3) is 5.91 Å². The van der Waals surface area contributed by atoms with Crippen LogP contribution in [0.4, 0.5) is 5.69 Å². The standard InChI is InChI=1S/C23H31N3O5/c1-5-24(15-16(2)22(30)31-4)19(27)11-8-14-25-21(29)17-9-6-7-10-18(17)26-20(28)12-13-23(25,26)3/h6-7,9-10,16H,5,8,11-15H2,1-4H3. The Morgan fingerprint density at radius 2 is 1.97 bits per heavy atom. The van der Waals surface area contributed by atoms with Gasteiger partial charge in [-0.15, -0.1) is 0 Å². The van der Waals surface area contributed by atoms with Crippen molar-refractivity contribution in [3.05, 3.63) is 29.8 Å². The summed E-state index contributed by atoms with van der Waals surface area (Å²) >= 11 is 0. The van der Waals surface area contributed by atoms with E-state index in [1.807, 2.05) is 26.0 Å². The molecule has 2 aliphatic heterocycles. The molecule has 1 saturated heterocycles. The van der Waals surface area contributed by atoms with Crippen molar-refractivity contribution in [2.24, 2.45) is 5.92 Å². The van der Waals surface area contributed by atoms with Gasteiger partial charge in [0.05, 0.1) is 24.3 Å². The molecule has 31 heavy (non-hydrogen) atoms. The Labute approximate surface area is 183 Å². The molecule has 1 aromatic rings. The average molecular weight is 430 g/mol. The number of hydrogen-bond acceptors (Lipinski definition) is 5. The van der Waals surface area contributed by atoms with E-state index in [0.29, 0.717) is 50.1 Å². The number of anilines is 1. The Kier molecular flexibility index (Phi) is 6.67. The van der Waals surface area contributed by atoms with Crippen molar-refractivity contribution in [3.63, 3.8) is 0 Å². The minimum Gasteiger partial charge on any atom is -0.469 e. The molecule has 3 rings (SSSR count). The van der Waals surface area contributed by atoms with E-state index in [2.05, 4.69) is 0 Å². The van der Waals surface area contributed by atoms with Crippen molar-refractivity contribution >= 4 is 29.4 Å². The van der Waals surface area contributed by atoms with Crippen LogP contribution in [0.2, 0.25) is 0 Å². The van der Waals surface area contributed by atoms with Crippen molar-refractivity contribution in [3.8, 4) is 0 Å². The van der Waals surface area contributed by atoms with Gasteiger partial charge in [0.2, 0.25) is 11.8 Å². The third-order valence-electron chi connectivity index (χ3n) is 6.35. The Morgan fingerprint density at radius 1 is 1.26 bits per heavy atom. The number of esters is 1. The molecule has 168 valence electrons. The third kappa shape index (κ3) is 4.16. The quantitative estimate of drug-likeness (QED) is 0.593. The lowest BCUT2D eigenvalue weighted by Crippen LogP contribution is -2.62. The number of nitrogens with zero attached hydrogens (tertiary/aromatic N) is 3. The van der Waals surface area contributed by atoms with Crippen LogP contribution in [0.15, 0.2) is 24.3 Å². The summed E-state index contributed by atoms with van der Waals surface area (Å²) < 4.78 is 4.74. The highest BCUT2D eigenvalue weighted by molar-refractivity contribution is 6.10. The molecule has 0 aromatic heterocycles. The molecule has 0 N–H and O–H groups in total. The fraction of sp³-hybridized carbons (Fsp3) is 0.565. The molecular weight excluding hydrogens is 398 g/mol. The van der Waals surface area contributed by atoms with Crippen molar-refractivity contribution in [1.29, 1.82) is 0 Å². The Morgan fingerprint density at radius 3 is 2.65 bits per heavy atom. The molecule has 3 amide bonds. The smallest absolute Gasteiger partial charge is 0.310 e. The molecule has 2 aliphatic rings. The number of amides is 3. The number of benzene rings is 1. The number of fused-ring (bicyclic) bond motifs is 3. The van der Waals surface area contributed by atoms with E-state index in [1.54, 1.807) is 33.8 Å². The average Bonchev–Trinajstić information content (AvgIpc) is 3.08. The van der Waals surface area contributed by atoms with Crippen LogP contribution in [-0.2, 0) is 19.1 Å². The van der Waals surface area contributed by atoms with E-state index in [-0.39, 0.29) is 30.1 Å². The molecule has 0 spiro atoms. The second-order valence-electron chi connectivity index (χ2n) is 8.38. The van der Waals surface area contributed by atoms with Gasteiger partial charge < -0.3 is 14.5 Å². The van der Waals surface area contributed by atoms with Gasteiger partial charge in [0, 0.05) is 32.5 Å². The second-order valence-corrected chi connectivity index (χ2v) is 8.38. The van der Waals surface area contributed by atoms with E-state index >= 15 is 0 Å². The summed E-state index contributed by atoms with van der Waals surface area (Å²) in [6.07, 6.45) is 1.70. The van der Waals surface area contributed by atoms with E-state index in [9.17, 15) is 19.2 Å². The first kappa shape index (κ1) is 22.8. The number of carbonyl (C=O) groups is 4. The first-order valence-electron chi connectivity index (χ1n) is 10.8. The van der Waals surface area contributed by atoms with E-state index in [1.165, 1.54) is 7.11 Å². The SMILES string of the molecule is CCN(CC(C)C(=O)OC)C(=O)CCCN1C(=O)c2ccccc2N2C(=O)CCC12C. The van der Waals surface area contributed by atoms with Crippen LogP contribution < -0.4 is 4.90 Å². The second kappa shape index (κ2) is 9.08. The predicted molar refractivity (Wildman–Crippen MR) is 115 cm³/mol. The van der Waals surface area contributed by atoms with Crippen molar-refractivity contribution in [2.45, 2.75) is 52.1 Å². The van der Waals surface area contributed by atoms with Gasteiger partial charge in [-0.25, -0.2) is 0 Å². The molecule has 0 saturated carbocycles. The van der Waals surface area contributed by atoms with Crippen molar-refractivity contribution < 1.29 is 23.9 Å². The zero-order valence-electron chi connectivity index (χ0n) is 18.7. The highest BCUT2D eigenvalue weighted by Gasteiger charge is 2.52. The molecule has 8 nitrogen and oxygen atoms in total. The van der Waals surface area contributed by atoms with Gasteiger partial charge in [0.1, 0.15) is 5.66 Å². The summed E-state index contributed by atoms with van der Waals surface area (Å²) in [5.41, 5.74) is 0.470. The zero-order chi connectivity index (χ0) is 22.8. The molecule has 0 aliphatic carbocycles. The Bertz CT molecular complexity index is 886. The van der Waals surface area contributed by atoms with E-state index in [4.69, 9.17) is 4.74 Å². The Hall–Kier alpha value is -2.90. The number of ether oxygens (including phenoxy) is 1. The summed E-state index contributed by atoms with van der Waals surface area (Å²) in [5.74, 6) is -0.901. The van der Waals surface area contributed by atoms with Gasteiger partial charge in [-0.05, 0) is 38.8 Å². The van der Waals surface area contributed by atoms with Gasteiger partial charge in [-0.1, -0.05) is 19.1 Å². The molecule has 1 aromatic carbocycles. The lowest BCUT2D eigenvalue weighted by molar-refractivity contribution is -0.146. The summed E-state index contributed by atoms with van der Waals surface area (Å²) in [5, 5.41) is 0. The maximum absolute atomic E-state index is 13.2. The van der Waals surface area contributed by atoms with Crippen LogP contribution in [0.5, 0.6) is 0 Å². The van der Waals surface area contributed by atoms with Gasteiger partial charge in [-0.3, -0.25) is 24.1 Å².